The third kappa shape index (κ3) is 3.87. The van der Waals surface area contributed by atoms with Crippen molar-refractivity contribution >= 4 is 6.03 Å². The van der Waals surface area contributed by atoms with Crippen molar-refractivity contribution in [2.45, 2.75) is 44.7 Å². The molecule has 5 heteroatoms. The van der Waals surface area contributed by atoms with Crippen molar-refractivity contribution in [1.82, 2.24) is 15.6 Å². The number of aromatic nitrogens is 1. The van der Waals surface area contributed by atoms with Gasteiger partial charge in [-0.15, -0.1) is 0 Å². The van der Waals surface area contributed by atoms with E-state index in [1.54, 1.807) is 18.7 Å². The first-order chi connectivity index (χ1) is 10.8. The van der Waals surface area contributed by atoms with Crippen LogP contribution < -0.4 is 10.6 Å². The summed E-state index contributed by atoms with van der Waals surface area (Å²) in [7, 11) is 0. The zero-order chi connectivity index (χ0) is 15.2. The summed E-state index contributed by atoms with van der Waals surface area (Å²) in [5, 5.41) is 5.93. The average Bonchev–Trinajstić information content (AvgIpc) is 3.09. The molecule has 0 unspecified atom stereocenters. The number of carbonyl (C=O) groups is 1. The SMILES string of the molecule is O=C(NCc1ccc(-c2ccoc2)nc1)NC1CCCCC1. The van der Waals surface area contributed by atoms with Crippen molar-refractivity contribution in [3.8, 4) is 11.3 Å². The largest absolute Gasteiger partial charge is 0.472 e. The fraction of sp³-hybridized carbons (Fsp3) is 0.412. The quantitative estimate of drug-likeness (QED) is 0.908. The maximum absolute atomic E-state index is 11.9. The minimum atomic E-state index is -0.0918. The number of hydrogen-bond donors (Lipinski definition) is 2. The van der Waals surface area contributed by atoms with Crippen molar-refractivity contribution in [1.29, 1.82) is 0 Å². The minimum Gasteiger partial charge on any atom is -0.472 e. The van der Waals surface area contributed by atoms with Gasteiger partial charge in [0.05, 0.1) is 18.2 Å². The lowest BCUT2D eigenvalue weighted by Crippen LogP contribution is -2.42. The van der Waals surface area contributed by atoms with E-state index in [4.69, 9.17) is 4.42 Å². The van der Waals surface area contributed by atoms with Crippen molar-refractivity contribution in [3.05, 3.63) is 42.5 Å². The van der Waals surface area contributed by atoms with E-state index in [9.17, 15) is 4.79 Å². The number of amides is 2. The fourth-order valence-electron chi connectivity index (χ4n) is 2.78. The van der Waals surface area contributed by atoms with Crippen LogP contribution in [0.5, 0.6) is 0 Å². The van der Waals surface area contributed by atoms with E-state index in [-0.39, 0.29) is 6.03 Å². The van der Waals surface area contributed by atoms with Crippen LogP contribution in [0.15, 0.2) is 41.3 Å². The highest BCUT2D eigenvalue weighted by Gasteiger charge is 2.15. The van der Waals surface area contributed by atoms with E-state index >= 15 is 0 Å². The summed E-state index contributed by atoms with van der Waals surface area (Å²) < 4.78 is 5.04. The highest BCUT2D eigenvalue weighted by atomic mass is 16.3. The van der Waals surface area contributed by atoms with Crippen LogP contribution in [0.2, 0.25) is 0 Å². The Kier molecular flexibility index (Phi) is 4.73. The van der Waals surface area contributed by atoms with Crippen LogP contribution in [0, 0.1) is 0 Å². The first-order valence-electron chi connectivity index (χ1n) is 7.83. The van der Waals surface area contributed by atoms with Gasteiger partial charge in [0.1, 0.15) is 0 Å². The molecule has 0 atom stereocenters. The van der Waals surface area contributed by atoms with Crippen molar-refractivity contribution in [2.75, 3.05) is 0 Å². The van der Waals surface area contributed by atoms with Gasteiger partial charge < -0.3 is 15.1 Å². The first-order valence-corrected chi connectivity index (χ1v) is 7.83. The Morgan fingerprint density at radius 3 is 2.77 bits per heavy atom. The van der Waals surface area contributed by atoms with Gasteiger partial charge in [-0.25, -0.2) is 4.79 Å². The molecular formula is C17H21N3O2. The molecule has 3 rings (SSSR count). The third-order valence-electron chi connectivity index (χ3n) is 4.04. The molecule has 0 bridgehead atoms. The van der Waals surface area contributed by atoms with Gasteiger partial charge in [-0.1, -0.05) is 25.3 Å². The summed E-state index contributed by atoms with van der Waals surface area (Å²) in [4.78, 5) is 16.3. The predicted molar refractivity (Wildman–Crippen MR) is 84.2 cm³/mol. The summed E-state index contributed by atoms with van der Waals surface area (Å²) in [5.74, 6) is 0. The van der Waals surface area contributed by atoms with E-state index in [0.717, 1.165) is 29.7 Å². The molecule has 2 aromatic rings. The molecular weight excluding hydrogens is 278 g/mol. The van der Waals surface area contributed by atoms with Gasteiger partial charge in [-0.3, -0.25) is 4.98 Å². The molecule has 0 aliphatic heterocycles. The lowest BCUT2D eigenvalue weighted by Gasteiger charge is -2.22. The Balaban J connectivity index is 1.47. The summed E-state index contributed by atoms with van der Waals surface area (Å²) in [6, 6.07) is 6.01. The maximum Gasteiger partial charge on any atom is 0.315 e. The van der Waals surface area contributed by atoms with E-state index in [0.29, 0.717) is 12.6 Å². The molecule has 116 valence electrons. The Morgan fingerprint density at radius 1 is 1.23 bits per heavy atom. The average molecular weight is 299 g/mol. The van der Waals surface area contributed by atoms with E-state index in [1.807, 2.05) is 18.2 Å². The van der Waals surface area contributed by atoms with Gasteiger partial charge in [-0.05, 0) is 30.5 Å². The van der Waals surface area contributed by atoms with Crippen LogP contribution in [-0.2, 0) is 6.54 Å². The Labute approximate surface area is 130 Å². The molecule has 1 fully saturated rings. The molecule has 22 heavy (non-hydrogen) atoms. The monoisotopic (exact) mass is 299 g/mol. The standard InChI is InChI=1S/C17H21N3O2/c21-17(20-15-4-2-1-3-5-15)19-11-13-6-7-16(18-10-13)14-8-9-22-12-14/h6-10,12,15H,1-5,11H2,(H2,19,20,21). The van der Waals surface area contributed by atoms with Crippen molar-refractivity contribution < 1.29 is 9.21 Å². The molecule has 0 radical (unpaired) electrons. The summed E-state index contributed by atoms with van der Waals surface area (Å²) in [5.41, 5.74) is 2.80. The van der Waals surface area contributed by atoms with Crippen LogP contribution in [0.3, 0.4) is 0 Å². The number of hydrogen-bond acceptors (Lipinski definition) is 3. The first kappa shape index (κ1) is 14.6. The van der Waals surface area contributed by atoms with Crippen LogP contribution in [0.4, 0.5) is 4.79 Å². The smallest absolute Gasteiger partial charge is 0.315 e. The molecule has 0 saturated heterocycles. The molecule has 0 aromatic carbocycles. The van der Waals surface area contributed by atoms with Gasteiger partial charge in [0.2, 0.25) is 0 Å². The summed E-state index contributed by atoms with van der Waals surface area (Å²) in [6.07, 6.45) is 11.0. The van der Waals surface area contributed by atoms with E-state index in [1.165, 1.54) is 19.3 Å². The van der Waals surface area contributed by atoms with Crippen LogP contribution in [0.1, 0.15) is 37.7 Å². The zero-order valence-corrected chi connectivity index (χ0v) is 12.5. The third-order valence-corrected chi connectivity index (χ3v) is 4.04. The molecule has 2 aromatic heterocycles. The number of pyridine rings is 1. The van der Waals surface area contributed by atoms with Gasteiger partial charge in [0.15, 0.2) is 0 Å². The van der Waals surface area contributed by atoms with Crippen LogP contribution in [0.25, 0.3) is 11.3 Å². The highest BCUT2D eigenvalue weighted by molar-refractivity contribution is 5.74. The Morgan fingerprint density at radius 2 is 2.09 bits per heavy atom. The van der Waals surface area contributed by atoms with Crippen LogP contribution >= 0.6 is 0 Å². The number of furan rings is 1. The lowest BCUT2D eigenvalue weighted by atomic mass is 9.96. The molecule has 0 spiro atoms. The number of urea groups is 1. The molecule has 2 amide bonds. The van der Waals surface area contributed by atoms with Gasteiger partial charge in [0, 0.05) is 24.3 Å². The van der Waals surface area contributed by atoms with E-state index < -0.39 is 0 Å². The van der Waals surface area contributed by atoms with Crippen molar-refractivity contribution in [3.63, 3.8) is 0 Å². The second-order valence-corrected chi connectivity index (χ2v) is 5.73. The Hall–Kier alpha value is -2.30. The van der Waals surface area contributed by atoms with Gasteiger partial charge >= 0.3 is 6.03 Å². The number of carbonyl (C=O) groups excluding carboxylic acids is 1. The molecule has 5 nitrogen and oxygen atoms in total. The molecule has 2 N–H and O–H groups in total. The minimum absolute atomic E-state index is 0.0918. The van der Waals surface area contributed by atoms with Crippen molar-refractivity contribution in [2.24, 2.45) is 0 Å². The lowest BCUT2D eigenvalue weighted by molar-refractivity contribution is 0.232. The second kappa shape index (κ2) is 7.11. The zero-order valence-electron chi connectivity index (χ0n) is 12.5. The topological polar surface area (TPSA) is 67.2 Å². The van der Waals surface area contributed by atoms with Crippen LogP contribution in [-0.4, -0.2) is 17.1 Å². The molecule has 1 saturated carbocycles. The van der Waals surface area contributed by atoms with Gasteiger partial charge in [-0.2, -0.15) is 0 Å². The fourth-order valence-corrected chi connectivity index (χ4v) is 2.78. The normalized spacial score (nSPS) is 15.5. The predicted octanol–water partition coefficient (Wildman–Crippen LogP) is 3.47. The summed E-state index contributed by atoms with van der Waals surface area (Å²) >= 11 is 0. The molecule has 2 heterocycles. The maximum atomic E-state index is 11.9. The molecule has 1 aliphatic carbocycles. The second-order valence-electron chi connectivity index (χ2n) is 5.73. The molecule has 1 aliphatic rings. The van der Waals surface area contributed by atoms with E-state index in [2.05, 4.69) is 15.6 Å². The summed E-state index contributed by atoms with van der Waals surface area (Å²) in [6.45, 7) is 0.483. The number of nitrogens with zero attached hydrogens (tertiary/aromatic N) is 1. The number of rotatable bonds is 4. The number of nitrogens with one attached hydrogen (secondary N) is 2. The Bertz CT molecular complexity index is 587. The van der Waals surface area contributed by atoms with Gasteiger partial charge in [0.25, 0.3) is 0 Å². The highest BCUT2D eigenvalue weighted by Crippen LogP contribution is 2.18.